The summed E-state index contributed by atoms with van der Waals surface area (Å²) in [5.41, 5.74) is -0.0610. The lowest BCUT2D eigenvalue weighted by molar-refractivity contribution is -0.135. The Hall–Kier alpha value is -1.67. The van der Waals surface area contributed by atoms with Gasteiger partial charge in [0, 0.05) is 11.1 Å². The highest BCUT2D eigenvalue weighted by Gasteiger charge is 2.29. The van der Waals surface area contributed by atoms with Crippen LogP contribution in [0.15, 0.2) is 41.3 Å². The third-order valence-electron chi connectivity index (χ3n) is 3.31. The van der Waals surface area contributed by atoms with Gasteiger partial charge < -0.3 is 9.84 Å². The van der Waals surface area contributed by atoms with E-state index in [1.165, 1.54) is 36.4 Å². The normalized spacial score (nSPS) is 11.5. The van der Waals surface area contributed by atoms with Gasteiger partial charge in [-0.2, -0.15) is 0 Å². The molecule has 1 N–H and O–H groups in total. The Morgan fingerprint density at radius 1 is 1.11 bits per heavy atom. The van der Waals surface area contributed by atoms with Gasteiger partial charge in [0.2, 0.25) is 0 Å². The molecule has 0 aromatic heterocycles. The zero-order valence-electron chi connectivity index (χ0n) is 14.3. The zero-order chi connectivity index (χ0) is 20.4. The van der Waals surface area contributed by atoms with Crippen LogP contribution in [0.2, 0.25) is 15.1 Å². The van der Waals surface area contributed by atoms with E-state index in [9.17, 15) is 18.3 Å². The van der Waals surface area contributed by atoms with Crippen molar-refractivity contribution >= 4 is 56.5 Å². The molecule has 0 heterocycles. The van der Waals surface area contributed by atoms with Crippen LogP contribution in [0, 0.1) is 0 Å². The lowest BCUT2D eigenvalue weighted by Gasteiger charge is -2.25. The van der Waals surface area contributed by atoms with Gasteiger partial charge >= 0.3 is 5.97 Å². The number of anilines is 1. The molecule has 2 aromatic rings. The monoisotopic (exact) mass is 451 g/mol. The number of sulfonamides is 1. The summed E-state index contributed by atoms with van der Waals surface area (Å²) in [4.78, 5) is 11.2. The van der Waals surface area contributed by atoms with Gasteiger partial charge in [-0.05, 0) is 44.2 Å². The Balaban J connectivity index is 2.63. The molecule has 10 heteroatoms. The summed E-state index contributed by atoms with van der Waals surface area (Å²) >= 11 is 18.1. The number of benzene rings is 2. The highest BCUT2D eigenvalue weighted by molar-refractivity contribution is 7.92. The summed E-state index contributed by atoms with van der Waals surface area (Å²) in [7, 11) is -4.24. The first kappa shape index (κ1) is 21.6. The van der Waals surface area contributed by atoms with E-state index in [1.54, 1.807) is 13.8 Å². The van der Waals surface area contributed by atoms with E-state index in [0.717, 1.165) is 0 Å². The molecular weight excluding hydrogens is 437 g/mol. The predicted molar refractivity (Wildman–Crippen MR) is 106 cm³/mol. The fraction of sp³-hybridized carbons (Fsp3) is 0.235. The molecule has 0 fully saturated rings. The smallest absolute Gasteiger partial charge is 0.324 e. The molecular formula is C17H16Cl3NO5S. The summed E-state index contributed by atoms with van der Waals surface area (Å²) in [5.74, 6) is -1.17. The number of carboxylic acids is 1. The zero-order valence-corrected chi connectivity index (χ0v) is 17.4. The van der Waals surface area contributed by atoms with Gasteiger partial charge in [0.15, 0.2) is 0 Å². The third kappa shape index (κ3) is 5.19. The van der Waals surface area contributed by atoms with Gasteiger partial charge in [0.1, 0.15) is 12.3 Å². The van der Waals surface area contributed by atoms with Crippen molar-refractivity contribution in [1.82, 2.24) is 0 Å². The Bertz CT molecular complexity index is 946. The molecule has 0 aliphatic heterocycles. The molecule has 0 spiro atoms. The first-order valence-electron chi connectivity index (χ1n) is 7.68. The molecule has 0 amide bonds. The second-order valence-corrected chi connectivity index (χ2v) is 8.87. The molecule has 146 valence electrons. The van der Waals surface area contributed by atoms with Crippen LogP contribution in [0.4, 0.5) is 5.69 Å². The Morgan fingerprint density at radius 3 is 2.22 bits per heavy atom. The summed E-state index contributed by atoms with van der Waals surface area (Å²) < 4.78 is 32.3. The van der Waals surface area contributed by atoms with Gasteiger partial charge in [-0.25, -0.2) is 8.42 Å². The van der Waals surface area contributed by atoms with Gasteiger partial charge in [-0.3, -0.25) is 9.10 Å². The molecule has 2 aromatic carbocycles. The number of nitrogens with zero attached hydrogens (tertiary/aromatic N) is 1. The van der Waals surface area contributed by atoms with Crippen LogP contribution in [0.25, 0.3) is 0 Å². The molecule has 0 saturated heterocycles. The number of hydrogen-bond acceptors (Lipinski definition) is 4. The van der Waals surface area contributed by atoms with Crippen LogP contribution >= 0.6 is 34.8 Å². The van der Waals surface area contributed by atoms with Crippen molar-refractivity contribution in [3.05, 3.63) is 51.5 Å². The van der Waals surface area contributed by atoms with Gasteiger partial charge in [-0.1, -0.05) is 34.8 Å². The van der Waals surface area contributed by atoms with Crippen LogP contribution < -0.4 is 9.04 Å². The standard InChI is InChI=1S/C17H16Cl3NO5S/c1-10(2)26-16-8-15(13(19)7-14(16)20)21(9-17(22)23)27(24,25)12-5-3-11(18)4-6-12/h3-8,10H,9H2,1-2H3,(H,22,23). The maximum absolute atomic E-state index is 13.0. The molecule has 6 nitrogen and oxygen atoms in total. The topological polar surface area (TPSA) is 83.9 Å². The van der Waals surface area contributed by atoms with E-state index in [4.69, 9.17) is 39.5 Å². The molecule has 0 saturated carbocycles. The molecule has 2 rings (SSSR count). The van der Waals surface area contributed by atoms with E-state index in [0.29, 0.717) is 9.33 Å². The minimum absolute atomic E-state index is 0.0325. The first-order valence-corrected chi connectivity index (χ1v) is 10.3. The van der Waals surface area contributed by atoms with Crippen LogP contribution in [0.3, 0.4) is 0 Å². The van der Waals surface area contributed by atoms with Crippen molar-refractivity contribution in [3.63, 3.8) is 0 Å². The van der Waals surface area contributed by atoms with Crippen molar-refractivity contribution in [2.24, 2.45) is 0 Å². The largest absolute Gasteiger partial charge is 0.489 e. The maximum atomic E-state index is 13.0. The highest BCUT2D eigenvalue weighted by Crippen LogP contribution is 2.38. The van der Waals surface area contributed by atoms with Crippen LogP contribution in [0.1, 0.15) is 13.8 Å². The number of carboxylic acid groups (broad SMARTS) is 1. The Morgan fingerprint density at radius 2 is 1.70 bits per heavy atom. The molecule has 0 aliphatic carbocycles. The Labute approximate surface area is 172 Å². The van der Waals surface area contributed by atoms with E-state index in [-0.39, 0.29) is 32.5 Å². The number of ether oxygens (including phenoxy) is 1. The number of aliphatic carboxylic acids is 1. The molecule has 0 radical (unpaired) electrons. The average Bonchev–Trinajstić information content (AvgIpc) is 2.55. The molecule has 0 bridgehead atoms. The average molecular weight is 453 g/mol. The SMILES string of the molecule is CC(C)Oc1cc(N(CC(=O)O)S(=O)(=O)c2ccc(Cl)cc2)c(Cl)cc1Cl. The summed E-state index contributed by atoms with van der Waals surface area (Å²) in [5, 5.41) is 9.72. The molecule has 0 aliphatic rings. The molecule has 0 unspecified atom stereocenters. The lowest BCUT2D eigenvalue weighted by atomic mass is 10.3. The minimum atomic E-state index is -4.24. The van der Waals surface area contributed by atoms with Gasteiger partial charge in [-0.15, -0.1) is 0 Å². The second kappa shape index (κ2) is 8.56. The third-order valence-corrected chi connectivity index (χ3v) is 5.94. The number of rotatable bonds is 7. The van der Waals surface area contributed by atoms with E-state index >= 15 is 0 Å². The fourth-order valence-electron chi connectivity index (χ4n) is 2.21. The number of carbonyl (C=O) groups is 1. The molecule has 27 heavy (non-hydrogen) atoms. The van der Waals surface area contributed by atoms with Crippen molar-refractivity contribution < 1.29 is 23.1 Å². The van der Waals surface area contributed by atoms with Crippen LogP contribution in [0.5, 0.6) is 5.75 Å². The summed E-state index contributed by atoms with van der Waals surface area (Å²) in [6, 6.07) is 7.96. The van der Waals surface area contributed by atoms with E-state index in [2.05, 4.69) is 0 Å². The van der Waals surface area contributed by atoms with E-state index in [1.807, 2.05) is 0 Å². The van der Waals surface area contributed by atoms with Crippen LogP contribution in [-0.2, 0) is 14.8 Å². The number of halogens is 3. The van der Waals surface area contributed by atoms with Gasteiger partial charge in [0.05, 0.1) is 26.7 Å². The molecule has 0 atom stereocenters. The highest BCUT2D eigenvalue weighted by atomic mass is 35.5. The van der Waals surface area contributed by atoms with Crippen molar-refractivity contribution in [3.8, 4) is 5.75 Å². The van der Waals surface area contributed by atoms with Crippen LogP contribution in [-0.4, -0.2) is 32.1 Å². The summed E-state index contributed by atoms with van der Waals surface area (Å²) in [6.07, 6.45) is -0.239. The van der Waals surface area contributed by atoms with Gasteiger partial charge in [0.25, 0.3) is 10.0 Å². The number of hydrogen-bond donors (Lipinski definition) is 1. The van der Waals surface area contributed by atoms with E-state index < -0.39 is 22.5 Å². The predicted octanol–water partition coefficient (Wildman–Crippen LogP) is 4.71. The minimum Gasteiger partial charge on any atom is -0.489 e. The Kier molecular flexibility index (Phi) is 6.86. The van der Waals surface area contributed by atoms with Crippen molar-refractivity contribution in [2.75, 3.05) is 10.8 Å². The van der Waals surface area contributed by atoms with Crippen molar-refractivity contribution in [2.45, 2.75) is 24.8 Å². The fourth-order valence-corrected chi connectivity index (χ4v) is 4.34. The second-order valence-electron chi connectivity index (χ2n) is 5.76. The van der Waals surface area contributed by atoms with Crippen molar-refractivity contribution in [1.29, 1.82) is 0 Å². The summed E-state index contributed by atoms with van der Waals surface area (Å²) in [6.45, 7) is 2.70. The maximum Gasteiger partial charge on any atom is 0.324 e. The first-order chi connectivity index (χ1) is 12.5. The lowest BCUT2D eigenvalue weighted by Crippen LogP contribution is -2.36. The quantitative estimate of drug-likeness (QED) is 0.657.